The number of benzene rings is 1. The zero-order chi connectivity index (χ0) is 13.2. The van der Waals surface area contributed by atoms with Crippen molar-refractivity contribution in [2.45, 2.75) is 0 Å². The second kappa shape index (κ2) is 5.00. The van der Waals surface area contributed by atoms with E-state index in [1.165, 1.54) is 0 Å². The molecule has 0 fully saturated rings. The van der Waals surface area contributed by atoms with Crippen molar-refractivity contribution in [3.05, 3.63) is 52.2 Å². The van der Waals surface area contributed by atoms with Gasteiger partial charge < -0.3 is 10.3 Å². The normalized spacial score (nSPS) is 10.6. The molecular weight excluding hydrogens is 353 g/mol. The van der Waals surface area contributed by atoms with Gasteiger partial charge in [0.1, 0.15) is 5.69 Å². The fourth-order valence-electron chi connectivity index (χ4n) is 1.90. The lowest BCUT2D eigenvalue weighted by molar-refractivity contribution is 0.439. The highest BCUT2D eigenvalue weighted by Crippen LogP contribution is 2.36. The van der Waals surface area contributed by atoms with E-state index in [1.54, 1.807) is 6.20 Å². The van der Waals surface area contributed by atoms with Crippen LogP contribution in [0.3, 0.4) is 0 Å². The molecule has 0 saturated carbocycles. The average molecular weight is 363 g/mol. The Morgan fingerprint density at radius 3 is 2.58 bits per heavy atom. The third kappa shape index (κ3) is 2.21. The van der Waals surface area contributed by atoms with E-state index in [1.807, 2.05) is 42.5 Å². The molecule has 3 aromatic rings. The molecule has 0 bridgehead atoms. The van der Waals surface area contributed by atoms with Crippen LogP contribution in [0.15, 0.2) is 53.2 Å². The van der Waals surface area contributed by atoms with Crippen molar-refractivity contribution in [2.75, 3.05) is 5.73 Å². The Labute approximate surface area is 123 Å². The Morgan fingerprint density at radius 1 is 1.05 bits per heavy atom. The van der Waals surface area contributed by atoms with Gasteiger partial charge in [-0.1, -0.05) is 29.4 Å². The first-order valence-electron chi connectivity index (χ1n) is 5.69. The van der Waals surface area contributed by atoms with E-state index >= 15 is 0 Å². The standard InChI is InChI=1S/C14H10IN3O/c15-10-6-2-1-5-9(10)13-12(14(16)19-18-13)11-7-3-4-8-17-11/h1-8H,16H2. The van der Waals surface area contributed by atoms with Gasteiger partial charge in [0.2, 0.25) is 5.88 Å². The molecule has 2 aromatic heterocycles. The predicted octanol–water partition coefficient (Wildman–Crippen LogP) is 3.59. The molecule has 2 N–H and O–H groups in total. The summed E-state index contributed by atoms with van der Waals surface area (Å²) in [4.78, 5) is 4.32. The van der Waals surface area contributed by atoms with Gasteiger partial charge in [-0.15, -0.1) is 0 Å². The largest absolute Gasteiger partial charge is 0.367 e. The molecule has 3 rings (SSSR count). The quantitative estimate of drug-likeness (QED) is 0.707. The smallest absolute Gasteiger partial charge is 0.232 e. The fourth-order valence-corrected chi connectivity index (χ4v) is 2.54. The summed E-state index contributed by atoms with van der Waals surface area (Å²) in [6.07, 6.45) is 1.72. The first kappa shape index (κ1) is 12.2. The van der Waals surface area contributed by atoms with Crippen molar-refractivity contribution in [1.29, 1.82) is 0 Å². The van der Waals surface area contributed by atoms with Crippen LogP contribution in [0.1, 0.15) is 0 Å². The zero-order valence-corrected chi connectivity index (χ0v) is 12.0. The van der Waals surface area contributed by atoms with E-state index in [-0.39, 0.29) is 5.88 Å². The summed E-state index contributed by atoms with van der Waals surface area (Å²) in [6, 6.07) is 13.6. The summed E-state index contributed by atoms with van der Waals surface area (Å²) in [6.45, 7) is 0. The zero-order valence-electron chi connectivity index (χ0n) is 9.88. The highest BCUT2D eigenvalue weighted by molar-refractivity contribution is 14.1. The van der Waals surface area contributed by atoms with E-state index in [0.717, 1.165) is 26.1 Å². The molecular formula is C14H10IN3O. The van der Waals surface area contributed by atoms with E-state index in [4.69, 9.17) is 10.3 Å². The molecule has 0 unspecified atom stereocenters. The number of aromatic nitrogens is 2. The average Bonchev–Trinajstić information content (AvgIpc) is 2.82. The number of hydrogen-bond acceptors (Lipinski definition) is 4. The molecule has 0 spiro atoms. The van der Waals surface area contributed by atoms with Gasteiger partial charge in [-0.25, -0.2) is 0 Å². The van der Waals surface area contributed by atoms with Crippen molar-refractivity contribution < 1.29 is 4.52 Å². The molecule has 0 aliphatic rings. The molecule has 0 atom stereocenters. The molecule has 19 heavy (non-hydrogen) atoms. The second-order valence-corrected chi connectivity index (χ2v) is 5.13. The molecule has 0 amide bonds. The monoisotopic (exact) mass is 363 g/mol. The topological polar surface area (TPSA) is 64.9 Å². The molecule has 5 heteroatoms. The third-order valence-corrected chi connectivity index (χ3v) is 3.71. The summed E-state index contributed by atoms with van der Waals surface area (Å²) in [7, 11) is 0. The maximum Gasteiger partial charge on any atom is 0.232 e. The summed E-state index contributed by atoms with van der Waals surface area (Å²) < 4.78 is 6.23. The molecule has 1 aromatic carbocycles. The van der Waals surface area contributed by atoms with E-state index in [2.05, 4.69) is 32.7 Å². The fraction of sp³-hybridized carbons (Fsp3) is 0. The van der Waals surface area contributed by atoms with Gasteiger partial charge in [0, 0.05) is 15.3 Å². The second-order valence-electron chi connectivity index (χ2n) is 3.97. The molecule has 0 saturated heterocycles. The number of nitrogens with zero attached hydrogens (tertiary/aromatic N) is 2. The van der Waals surface area contributed by atoms with Gasteiger partial charge in [0.05, 0.1) is 11.3 Å². The van der Waals surface area contributed by atoms with Gasteiger partial charge in [-0.2, -0.15) is 0 Å². The maximum absolute atomic E-state index is 5.89. The number of halogens is 1. The van der Waals surface area contributed by atoms with Crippen LogP contribution in [0.4, 0.5) is 5.88 Å². The van der Waals surface area contributed by atoms with Crippen LogP contribution in [0.25, 0.3) is 22.5 Å². The van der Waals surface area contributed by atoms with Crippen molar-refractivity contribution in [1.82, 2.24) is 10.1 Å². The Morgan fingerprint density at radius 2 is 1.84 bits per heavy atom. The van der Waals surface area contributed by atoms with Gasteiger partial charge >= 0.3 is 0 Å². The Hall–Kier alpha value is -1.89. The van der Waals surface area contributed by atoms with Crippen LogP contribution in [-0.2, 0) is 0 Å². The molecule has 0 aliphatic heterocycles. The number of hydrogen-bond donors (Lipinski definition) is 1. The van der Waals surface area contributed by atoms with Crippen molar-refractivity contribution >= 4 is 28.5 Å². The van der Waals surface area contributed by atoms with Crippen molar-refractivity contribution in [3.63, 3.8) is 0 Å². The van der Waals surface area contributed by atoms with Gasteiger partial charge in [0.25, 0.3) is 0 Å². The Kier molecular flexibility index (Phi) is 3.20. The molecule has 4 nitrogen and oxygen atoms in total. The predicted molar refractivity (Wildman–Crippen MR) is 82.3 cm³/mol. The number of pyridine rings is 1. The van der Waals surface area contributed by atoms with Crippen LogP contribution >= 0.6 is 22.6 Å². The van der Waals surface area contributed by atoms with Gasteiger partial charge in [0.15, 0.2) is 0 Å². The van der Waals surface area contributed by atoms with Crippen molar-refractivity contribution in [3.8, 4) is 22.5 Å². The molecule has 94 valence electrons. The summed E-state index contributed by atoms with van der Waals surface area (Å²) in [5, 5.41) is 4.08. The number of anilines is 1. The number of nitrogen functional groups attached to an aromatic ring is 1. The first-order valence-corrected chi connectivity index (χ1v) is 6.76. The lowest BCUT2D eigenvalue weighted by atomic mass is 10.0. The minimum Gasteiger partial charge on any atom is -0.367 e. The number of rotatable bonds is 2. The Bertz CT molecular complexity index is 710. The van der Waals surface area contributed by atoms with Crippen LogP contribution in [0.2, 0.25) is 0 Å². The van der Waals surface area contributed by atoms with Gasteiger partial charge in [-0.3, -0.25) is 4.98 Å². The molecule has 2 heterocycles. The van der Waals surface area contributed by atoms with E-state index in [9.17, 15) is 0 Å². The SMILES string of the molecule is Nc1onc(-c2ccccc2I)c1-c1ccccn1. The van der Waals surface area contributed by atoms with E-state index < -0.39 is 0 Å². The lowest BCUT2D eigenvalue weighted by Gasteiger charge is -2.03. The highest BCUT2D eigenvalue weighted by Gasteiger charge is 2.19. The molecule has 0 aliphatic carbocycles. The third-order valence-electron chi connectivity index (χ3n) is 2.77. The summed E-state index contributed by atoms with van der Waals surface area (Å²) in [5.41, 5.74) is 9.10. The summed E-state index contributed by atoms with van der Waals surface area (Å²) >= 11 is 2.27. The van der Waals surface area contributed by atoms with E-state index in [0.29, 0.717) is 0 Å². The van der Waals surface area contributed by atoms with Gasteiger partial charge in [-0.05, 0) is 40.8 Å². The van der Waals surface area contributed by atoms with Crippen molar-refractivity contribution in [2.24, 2.45) is 0 Å². The minimum absolute atomic E-state index is 0.286. The highest BCUT2D eigenvalue weighted by atomic mass is 127. The summed E-state index contributed by atoms with van der Waals surface area (Å²) in [5.74, 6) is 0.286. The maximum atomic E-state index is 5.89. The lowest BCUT2D eigenvalue weighted by Crippen LogP contribution is -1.91. The number of nitrogens with two attached hydrogens (primary N) is 1. The van der Waals surface area contributed by atoms with Crippen LogP contribution < -0.4 is 5.73 Å². The van der Waals surface area contributed by atoms with Crippen LogP contribution in [0, 0.1) is 3.57 Å². The minimum atomic E-state index is 0.286. The van der Waals surface area contributed by atoms with Crippen LogP contribution in [0.5, 0.6) is 0 Å². The van der Waals surface area contributed by atoms with Crippen LogP contribution in [-0.4, -0.2) is 10.1 Å². The Balaban J connectivity index is 2.23. The first-order chi connectivity index (χ1) is 9.27. The molecule has 0 radical (unpaired) electrons.